The quantitative estimate of drug-likeness (QED) is 0.642. The predicted molar refractivity (Wildman–Crippen MR) is 128 cm³/mol. The van der Waals surface area contributed by atoms with Crippen LogP contribution in [0.3, 0.4) is 0 Å². The van der Waals surface area contributed by atoms with Gasteiger partial charge in [-0.25, -0.2) is 8.42 Å². The van der Waals surface area contributed by atoms with Crippen molar-refractivity contribution < 1.29 is 27.4 Å². The summed E-state index contributed by atoms with van der Waals surface area (Å²) in [5.41, 5.74) is 1.02. The second-order valence-corrected chi connectivity index (χ2v) is 10.9. The Morgan fingerprint density at radius 1 is 1.03 bits per heavy atom. The summed E-state index contributed by atoms with van der Waals surface area (Å²) in [6.07, 6.45) is 0.950. The zero-order valence-electron chi connectivity index (χ0n) is 19.8. The van der Waals surface area contributed by atoms with E-state index in [4.69, 9.17) is 14.2 Å². The molecule has 1 N–H and O–H groups in total. The maximum atomic E-state index is 13.2. The van der Waals surface area contributed by atoms with Crippen molar-refractivity contribution in [2.45, 2.75) is 37.6 Å². The molecule has 1 saturated heterocycles. The molecule has 2 aromatic rings. The Morgan fingerprint density at radius 2 is 1.68 bits per heavy atom. The topological polar surface area (TPSA) is 94.2 Å². The highest BCUT2D eigenvalue weighted by Gasteiger charge is 2.34. The van der Waals surface area contributed by atoms with Crippen LogP contribution in [0, 0.1) is 11.8 Å². The van der Waals surface area contributed by atoms with Crippen LogP contribution >= 0.6 is 0 Å². The van der Waals surface area contributed by atoms with Crippen LogP contribution in [0.5, 0.6) is 17.2 Å². The zero-order valence-corrected chi connectivity index (χ0v) is 20.6. The van der Waals surface area contributed by atoms with Crippen LogP contribution in [0.4, 0.5) is 0 Å². The van der Waals surface area contributed by atoms with E-state index in [1.165, 1.54) is 10.4 Å². The first-order valence-corrected chi connectivity index (χ1v) is 13.1. The number of ether oxygens (including phenoxy) is 3. The molecule has 2 aromatic carbocycles. The van der Waals surface area contributed by atoms with Crippen molar-refractivity contribution in [1.82, 2.24) is 9.62 Å². The molecular weight excluding hydrogens is 456 g/mol. The van der Waals surface area contributed by atoms with Crippen molar-refractivity contribution in [3.05, 3.63) is 48.0 Å². The summed E-state index contributed by atoms with van der Waals surface area (Å²) in [7, 11) is -2.05. The highest BCUT2D eigenvalue weighted by atomic mass is 32.2. The minimum atomic E-state index is -3.68. The lowest BCUT2D eigenvalue weighted by Gasteiger charge is -2.32. The van der Waals surface area contributed by atoms with Gasteiger partial charge in [0.1, 0.15) is 19.0 Å². The fourth-order valence-electron chi connectivity index (χ4n) is 4.41. The third kappa shape index (κ3) is 5.15. The lowest BCUT2D eigenvalue weighted by Crippen LogP contribution is -2.44. The van der Waals surface area contributed by atoms with Crippen LogP contribution in [0.25, 0.3) is 0 Å². The molecule has 0 aliphatic carbocycles. The van der Waals surface area contributed by atoms with Crippen LogP contribution in [-0.2, 0) is 14.8 Å². The van der Waals surface area contributed by atoms with E-state index >= 15 is 0 Å². The fourth-order valence-corrected chi connectivity index (χ4v) is 5.89. The van der Waals surface area contributed by atoms with Crippen molar-refractivity contribution in [2.24, 2.45) is 11.8 Å². The van der Waals surface area contributed by atoms with Crippen molar-refractivity contribution in [2.75, 3.05) is 33.4 Å². The molecule has 0 radical (unpaired) electrons. The second kappa shape index (κ2) is 10.2. The average Bonchev–Trinajstić information content (AvgIpc) is 2.86. The second-order valence-electron chi connectivity index (χ2n) is 8.99. The molecule has 2 heterocycles. The van der Waals surface area contributed by atoms with Gasteiger partial charge in [-0.05, 0) is 48.6 Å². The summed E-state index contributed by atoms with van der Waals surface area (Å²) in [6.45, 7) is 5.57. The average molecular weight is 489 g/mol. The molecule has 1 amide bonds. The summed E-state index contributed by atoms with van der Waals surface area (Å²) < 4.78 is 44.0. The number of rotatable bonds is 7. The molecule has 2 aliphatic rings. The lowest BCUT2D eigenvalue weighted by atomic mass is 9.92. The maximum Gasteiger partial charge on any atom is 0.243 e. The van der Waals surface area contributed by atoms with E-state index in [1.807, 2.05) is 24.3 Å². The number of nitrogens with one attached hydrogen (secondary N) is 1. The standard InChI is InChI=1S/C25H32N2O6S/c1-17(2)24(18-4-6-20(31-3)7-5-18)26-25(28)19-10-12-27(13-11-19)34(29,30)21-8-9-22-23(16-21)33-15-14-32-22/h4-9,16-17,19,24H,10-15H2,1-3H3,(H,26,28). The van der Waals surface area contributed by atoms with Gasteiger partial charge in [0.25, 0.3) is 0 Å². The van der Waals surface area contributed by atoms with Crippen molar-refractivity contribution >= 4 is 15.9 Å². The SMILES string of the molecule is COc1ccc(C(NC(=O)C2CCN(S(=O)(=O)c3ccc4c(c3)OCCO4)CC2)C(C)C)cc1. The minimum Gasteiger partial charge on any atom is -0.497 e. The number of hydrogen-bond acceptors (Lipinski definition) is 6. The Kier molecular flexibility index (Phi) is 7.33. The predicted octanol–water partition coefficient (Wildman–Crippen LogP) is 3.38. The summed E-state index contributed by atoms with van der Waals surface area (Å²) in [4.78, 5) is 13.2. The van der Waals surface area contributed by atoms with E-state index in [0.29, 0.717) is 50.6 Å². The molecule has 34 heavy (non-hydrogen) atoms. The number of fused-ring (bicyclic) bond motifs is 1. The number of amides is 1. The van der Waals surface area contributed by atoms with Crippen LogP contribution in [0.15, 0.2) is 47.4 Å². The Bertz CT molecular complexity index is 1110. The maximum absolute atomic E-state index is 13.2. The molecule has 4 rings (SSSR count). The molecule has 184 valence electrons. The van der Waals surface area contributed by atoms with Gasteiger partial charge in [-0.15, -0.1) is 0 Å². The molecule has 0 saturated carbocycles. The Hall–Kier alpha value is -2.78. The van der Waals surface area contributed by atoms with Crippen LogP contribution in [-0.4, -0.2) is 52.0 Å². The highest BCUT2D eigenvalue weighted by molar-refractivity contribution is 7.89. The van der Waals surface area contributed by atoms with Gasteiger partial charge in [0.05, 0.1) is 18.0 Å². The van der Waals surface area contributed by atoms with Crippen LogP contribution in [0.1, 0.15) is 38.3 Å². The minimum absolute atomic E-state index is 0.0362. The number of sulfonamides is 1. The number of methoxy groups -OCH3 is 1. The molecule has 0 aromatic heterocycles. The van der Waals surface area contributed by atoms with Crippen LogP contribution < -0.4 is 19.5 Å². The van der Waals surface area contributed by atoms with Gasteiger partial charge in [0, 0.05) is 25.1 Å². The van der Waals surface area contributed by atoms with Crippen molar-refractivity contribution in [1.29, 1.82) is 0 Å². The molecule has 1 fully saturated rings. The van der Waals surface area contributed by atoms with E-state index < -0.39 is 10.0 Å². The van der Waals surface area contributed by atoms with Gasteiger partial charge in [0.2, 0.25) is 15.9 Å². The molecule has 1 unspecified atom stereocenters. The monoisotopic (exact) mass is 488 g/mol. The Morgan fingerprint density at radius 3 is 2.29 bits per heavy atom. The summed E-state index contributed by atoms with van der Waals surface area (Å²) in [5.74, 6) is 1.70. The first-order valence-electron chi connectivity index (χ1n) is 11.6. The fraction of sp³-hybridized carbons (Fsp3) is 0.480. The first-order chi connectivity index (χ1) is 16.3. The Balaban J connectivity index is 1.39. The van der Waals surface area contributed by atoms with Crippen molar-refractivity contribution in [3.63, 3.8) is 0 Å². The first kappa shape index (κ1) is 24.3. The van der Waals surface area contributed by atoms with E-state index in [2.05, 4.69) is 19.2 Å². The molecule has 8 nitrogen and oxygen atoms in total. The van der Waals surface area contributed by atoms with Gasteiger partial charge < -0.3 is 19.5 Å². The third-order valence-corrected chi connectivity index (χ3v) is 8.31. The normalized spacial score (nSPS) is 17.9. The van der Waals surface area contributed by atoms with E-state index in [-0.39, 0.29) is 28.7 Å². The number of nitrogens with zero attached hydrogens (tertiary/aromatic N) is 1. The largest absolute Gasteiger partial charge is 0.497 e. The van der Waals surface area contributed by atoms with Gasteiger partial charge in [-0.1, -0.05) is 26.0 Å². The number of carbonyl (C=O) groups excluding carboxylic acids is 1. The number of hydrogen-bond donors (Lipinski definition) is 1. The van der Waals surface area contributed by atoms with Gasteiger partial charge in [-0.3, -0.25) is 4.79 Å². The summed E-state index contributed by atoms with van der Waals surface area (Å²) >= 11 is 0. The van der Waals surface area contributed by atoms with Crippen molar-refractivity contribution in [3.8, 4) is 17.2 Å². The van der Waals surface area contributed by atoms with Crippen LogP contribution in [0.2, 0.25) is 0 Å². The van der Waals surface area contributed by atoms with Gasteiger partial charge >= 0.3 is 0 Å². The van der Waals surface area contributed by atoms with E-state index in [9.17, 15) is 13.2 Å². The summed E-state index contributed by atoms with van der Waals surface area (Å²) in [5, 5.41) is 3.18. The zero-order chi connectivity index (χ0) is 24.3. The number of piperidine rings is 1. The third-order valence-electron chi connectivity index (χ3n) is 6.42. The molecule has 2 aliphatic heterocycles. The molecule has 9 heteroatoms. The van der Waals surface area contributed by atoms with Gasteiger partial charge in [0.15, 0.2) is 11.5 Å². The number of carbonyl (C=O) groups is 1. The molecule has 1 atom stereocenters. The van der Waals surface area contributed by atoms with E-state index in [0.717, 1.165) is 11.3 Å². The molecule has 0 bridgehead atoms. The smallest absolute Gasteiger partial charge is 0.243 e. The van der Waals surface area contributed by atoms with Gasteiger partial charge in [-0.2, -0.15) is 4.31 Å². The van der Waals surface area contributed by atoms with E-state index in [1.54, 1.807) is 19.2 Å². The summed E-state index contributed by atoms with van der Waals surface area (Å²) in [6, 6.07) is 12.3. The molecular formula is C25H32N2O6S. The Labute approximate surface area is 201 Å². The lowest BCUT2D eigenvalue weighted by molar-refractivity contribution is -0.127. The number of benzene rings is 2. The molecule has 0 spiro atoms. The highest BCUT2D eigenvalue weighted by Crippen LogP contribution is 2.34.